The van der Waals surface area contributed by atoms with Crippen LogP contribution in [-0.2, 0) is 14.8 Å². The molecule has 0 N–H and O–H groups in total. The Balaban J connectivity index is 1.82. The Labute approximate surface area is 131 Å². The Morgan fingerprint density at radius 1 is 1.10 bits per heavy atom. The summed E-state index contributed by atoms with van der Waals surface area (Å²) < 4.78 is 10.9. The molecule has 2 aliphatic rings. The number of halogens is 1. The number of hydrogen-bond acceptors (Lipinski definition) is 3. The van der Waals surface area contributed by atoms with Crippen molar-refractivity contribution in [2.75, 3.05) is 7.11 Å². The number of hydrogen-bond donors (Lipinski definition) is 0. The van der Waals surface area contributed by atoms with Gasteiger partial charge in [0.25, 0.3) is 0 Å². The Bertz CT molecular complexity index is 754. The van der Waals surface area contributed by atoms with Gasteiger partial charge in [-0.3, -0.25) is 0 Å². The van der Waals surface area contributed by atoms with Crippen molar-refractivity contribution in [3.05, 3.63) is 69.8 Å². The van der Waals surface area contributed by atoms with Gasteiger partial charge in [0.15, 0.2) is 0 Å². The SMILES string of the molecule is COC(=O)c1ccc2c(c1)C1OC2c2ccc(CBr)cc21. The molecule has 3 nitrogen and oxygen atoms in total. The van der Waals surface area contributed by atoms with Crippen molar-refractivity contribution in [3.63, 3.8) is 0 Å². The standard InChI is InChI=1S/C17H13BrO3/c1-20-17(19)10-3-5-12-14(7-10)16-13-6-9(8-18)2-4-11(13)15(12)21-16/h2-7,15-16H,8H2,1H3. The molecule has 0 aliphatic carbocycles. The quantitative estimate of drug-likeness (QED) is 0.612. The van der Waals surface area contributed by atoms with E-state index in [-0.39, 0.29) is 18.2 Å². The van der Waals surface area contributed by atoms with E-state index in [9.17, 15) is 4.79 Å². The molecule has 0 fully saturated rings. The van der Waals surface area contributed by atoms with Crippen LogP contribution in [0.4, 0.5) is 0 Å². The second-order valence-corrected chi connectivity index (χ2v) is 5.89. The van der Waals surface area contributed by atoms with Gasteiger partial charge in [-0.05, 0) is 39.9 Å². The second-order valence-electron chi connectivity index (χ2n) is 5.33. The van der Waals surface area contributed by atoms with Gasteiger partial charge in [0.2, 0.25) is 0 Å². The third-order valence-corrected chi connectivity index (χ3v) is 4.86. The van der Waals surface area contributed by atoms with Crippen molar-refractivity contribution in [2.24, 2.45) is 0 Å². The fourth-order valence-corrected chi connectivity index (χ4v) is 3.57. The predicted octanol–water partition coefficient (Wildman–Crippen LogP) is 3.89. The molecule has 2 bridgehead atoms. The fourth-order valence-electron chi connectivity index (χ4n) is 3.22. The second kappa shape index (κ2) is 4.68. The van der Waals surface area contributed by atoms with E-state index >= 15 is 0 Å². The summed E-state index contributed by atoms with van der Waals surface area (Å²) in [7, 11) is 1.40. The van der Waals surface area contributed by atoms with Crippen LogP contribution in [0.3, 0.4) is 0 Å². The topological polar surface area (TPSA) is 35.5 Å². The van der Waals surface area contributed by atoms with Crippen LogP contribution in [0, 0.1) is 0 Å². The highest BCUT2D eigenvalue weighted by atomic mass is 79.9. The molecule has 4 heteroatoms. The van der Waals surface area contributed by atoms with E-state index in [4.69, 9.17) is 9.47 Å². The van der Waals surface area contributed by atoms with E-state index in [2.05, 4.69) is 34.1 Å². The molecule has 4 rings (SSSR count). The molecule has 2 unspecified atom stereocenters. The van der Waals surface area contributed by atoms with Gasteiger partial charge in [0.1, 0.15) is 12.2 Å². The Morgan fingerprint density at radius 3 is 2.48 bits per heavy atom. The number of carbonyl (C=O) groups excluding carboxylic acids is 1. The van der Waals surface area contributed by atoms with Gasteiger partial charge < -0.3 is 9.47 Å². The van der Waals surface area contributed by atoms with E-state index in [1.807, 2.05) is 12.1 Å². The first-order valence-corrected chi connectivity index (χ1v) is 7.91. The molecule has 0 aromatic heterocycles. The van der Waals surface area contributed by atoms with Gasteiger partial charge in [-0.2, -0.15) is 0 Å². The molecule has 2 aliphatic heterocycles. The molecule has 0 saturated heterocycles. The summed E-state index contributed by atoms with van der Waals surface area (Å²) in [6.07, 6.45) is -0.0697. The first-order chi connectivity index (χ1) is 10.2. The lowest BCUT2D eigenvalue weighted by molar-refractivity contribution is 0.0600. The van der Waals surface area contributed by atoms with Crippen LogP contribution in [0.25, 0.3) is 0 Å². The van der Waals surface area contributed by atoms with Gasteiger partial charge in [-0.25, -0.2) is 4.79 Å². The van der Waals surface area contributed by atoms with E-state index in [1.165, 1.54) is 23.8 Å². The minimum atomic E-state index is -0.310. The number of benzene rings is 2. The maximum atomic E-state index is 11.7. The van der Waals surface area contributed by atoms with Crippen LogP contribution in [0.2, 0.25) is 0 Å². The number of methoxy groups -OCH3 is 1. The Hall–Kier alpha value is -1.65. The van der Waals surface area contributed by atoms with Gasteiger partial charge in [0.05, 0.1) is 12.7 Å². The van der Waals surface area contributed by atoms with E-state index in [1.54, 1.807) is 6.07 Å². The van der Waals surface area contributed by atoms with Crippen LogP contribution in [0.1, 0.15) is 50.4 Å². The van der Waals surface area contributed by atoms with Gasteiger partial charge in [-0.15, -0.1) is 0 Å². The Morgan fingerprint density at radius 2 is 1.76 bits per heavy atom. The maximum Gasteiger partial charge on any atom is 0.337 e. The van der Waals surface area contributed by atoms with Crippen LogP contribution < -0.4 is 0 Å². The highest BCUT2D eigenvalue weighted by Crippen LogP contribution is 2.54. The number of fused-ring (bicyclic) bond motifs is 8. The summed E-state index contributed by atoms with van der Waals surface area (Å²) in [5.74, 6) is -0.310. The van der Waals surface area contributed by atoms with Crippen molar-refractivity contribution >= 4 is 21.9 Å². The highest BCUT2D eigenvalue weighted by molar-refractivity contribution is 9.08. The number of rotatable bonds is 2. The lowest BCUT2D eigenvalue weighted by atomic mass is 9.84. The third kappa shape index (κ3) is 1.79. The summed E-state index contributed by atoms with van der Waals surface area (Å²) in [6, 6.07) is 12.1. The zero-order valence-electron chi connectivity index (χ0n) is 11.4. The van der Waals surface area contributed by atoms with E-state index in [0.29, 0.717) is 5.56 Å². The first-order valence-electron chi connectivity index (χ1n) is 6.79. The summed E-state index contributed by atoms with van der Waals surface area (Å²) in [6.45, 7) is 0. The number of alkyl halides is 1. The monoisotopic (exact) mass is 344 g/mol. The molecule has 106 valence electrons. The number of esters is 1. The van der Waals surface area contributed by atoms with Crippen molar-refractivity contribution in [2.45, 2.75) is 17.5 Å². The van der Waals surface area contributed by atoms with Gasteiger partial charge in [-0.1, -0.05) is 40.2 Å². The number of carbonyl (C=O) groups is 1. The lowest BCUT2D eigenvalue weighted by Crippen LogP contribution is -2.07. The minimum Gasteiger partial charge on any atom is -0.465 e. The molecule has 2 atom stereocenters. The van der Waals surface area contributed by atoms with Crippen LogP contribution >= 0.6 is 15.9 Å². The molecule has 2 aromatic carbocycles. The minimum absolute atomic E-state index is 0.00364. The van der Waals surface area contributed by atoms with Gasteiger partial charge >= 0.3 is 5.97 Å². The largest absolute Gasteiger partial charge is 0.465 e. The molecule has 0 saturated carbocycles. The highest BCUT2D eigenvalue weighted by Gasteiger charge is 2.42. The van der Waals surface area contributed by atoms with Crippen LogP contribution in [-0.4, -0.2) is 13.1 Å². The molecule has 2 heterocycles. The first kappa shape index (κ1) is 13.0. The molecule has 2 aromatic rings. The molecule has 21 heavy (non-hydrogen) atoms. The van der Waals surface area contributed by atoms with Crippen molar-refractivity contribution in [1.29, 1.82) is 0 Å². The lowest BCUT2D eigenvalue weighted by Gasteiger charge is -2.17. The predicted molar refractivity (Wildman–Crippen MR) is 81.6 cm³/mol. The average Bonchev–Trinajstić information content (AvgIpc) is 3.10. The van der Waals surface area contributed by atoms with Crippen molar-refractivity contribution in [3.8, 4) is 0 Å². The summed E-state index contributed by atoms with van der Waals surface area (Å²) in [5.41, 5.74) is 6.50. The molecule has 0 radical (unpaired) electrons. The van der Waals surface area contributed by atoms with E-state index in [0.717, 1.165) is 16.5 Å². The maximum absolute atomic E-state index is 11.7. The summed E-state index contributed by atoms with van der Waals surface area (Å²) >= 11 is 3.49. The zero-order chi connectivity index (χ0) is 14.6. The molecule has 0 spiro atoms. The third-order valence-electron chi connectivity index (χ3n) is 4.22. The normalized spacial score (nSPS) is 21.0. The van der Waals surface area contributed by atoms with Crippen molar-refractivity contribution < 1.29 is 14.3 Å². The fraction of sp³-hybridized carbons (Fsp3) is 0.235. The zero-order valence-corrected chi connectivity index (χ0v) is 13.0. The Kier molecular flexibility index (Phi) is 2.91. The smallest absolute Gasteiger partial charge is 0.337 e. The van der Waals surface area contributed by atoms with Crippen LogP contribution in [0.15, 0.2) is 36.4 Å². The molecule has 0 amide bonds. The molecular weight excluding hydrogens is 332 g/mol. The van der Waals surface area contributed by atoms with Crippen molar-refractivity contribution in [1.82, 2.24) is 0 Å². The average molecular weight is 345 g/mol. The van der Waals surface area contributed by atoms with E-state index < -0.39 is 0 Å². The molecular formula is C17H13BrO3. The summed E-state index contributed by atoms with van der Waals surface area (Å²) in [5, 5.41) is 0.826. The van der Waals surface area contributed by atoms with Crippen LogP contribution in [0.5, 0.6) is 0 Å². The van der Waals surface area contributed by atoms with Gasteiger partial charge in [0, 0.05) is 5.33 Å². The number of ether oxygens (including phenoxy) is 2. The summed E-state index contributed by atoms with van der Waals surface area (Å²) in [4.78, 5) is 11.7.